The monoisotopic (exact) mass is 741 g/mol. The zero-order chi connectivity index (χ0) is 38.0. The van der Waals surface area contributed by atoms with Gasteiger partial charge in [0.1, 0.15) is 28.6 Å². The lowest BCUT2D eigenvalue weighted by Crippen LogP contribution is -2.46. The van der Waals surface area contributed by atoms with Gasteiger partial charge >= 0.3 is 6.01 Å². The van der Waals surface area contributed by atoms with Crippen LogP contribution in [0.4, 0.5) is 14.6 Å². The van der Waals surface area contributed by atoms with Gasteiger partial charge in [-0.2, -0.15) is 9.97 Å². The van der Waals surface area contributed by atoms with Gasteiger partial charge in [-0.15, -0.1) is 0 Å². The molecule has 2 fully saturated rings. The van der Waals surface area contributed by atoms with E-state index in [0.29, 0.717) is 84.6 Å². The lowest BCUT2D eigenvalue weighted by atomic mass is 9.94. The van der Waals surface area contributed by atoms with Gasteiger partial charge < -0.3 is 33.9 Å². The van der Waals surface area contributed by atoms with Crippen molar-refractivity contribution in [1.82, 2.24) is 19.9 Å². The minimum atomic E-state index is -0.957. The number of halogens is 2. The number of anilines is 1. The number of pyridine rings is 1. The second-order valence-corrected chi connectivity index (χ2v) is 15.3. The Balaban J connectivity index is 1.28. The maximum atomic E-state index is 17.2. The third-order valence-corrected chi connectivity index (χ3v) is 10.6. The molecule has 3 aromatic carbocycles. The summed E-state index contributed by atoms with van der Waals surface area (Å²) in [6.45, 7) is 6.76. The highest BCUT2D eigenvalue weighted by molar-refractivity contribution is 6.01. The molecular weight excluding hydrogens is 692 g/mol. The van der Waals surface area contributed by atoms with E-state index in [1.807, 2.05) is 44.1 Å². The van der Waals surface area contributed by atoms with Crippen LogP contribution in [0, 0.1) is 23.0 Å². The van der Waals surface area contributed by atoms with Crippen molar-refractivity contribution in [2.75, 3.05) is 65.7 Å². The van der Waals surface area contributed by atoms with Crippen LogP contribution in [0.3, 0.4) is 0 Å². The van der Waals surface area contributed by atoms with Gasteiger partial charge in [-0.25, -0.2) is 8.78 Å². The topological polar surface area (TPSA) is 102 Å². The molecule has 1 saturated heterocycles. The van der Waals surface area contributed by atoms with E-state index in [-0.39, 0.29) is 41.2 Å². The highest BCUT2D eigenvalue weighted by Crippen LogP contribution is 2.53. The number of hydrogen-bond acceptors (Lipinski definition) is 10. The number of aliphatic hydroxyl groups is 1. The van der Waals surface area contributed by atoms with E-state index in [9.17, 15) is 5.11 Å². The molecule has 12 heteroatoms. The molecule has 54 heavy (non-hydrogen) atoms. The van der Waals surface area contributed by atoms with Crippen molar-refractivity contribution in [3.8, 4) is 23.0 Å². The smallest absolute Gasteiger partial charge is 0.319 e. The van der Waals surface area contributed by atoms with Gasteiger partial charge in [0.2, 0.25) is 0 Å². The Morgan fingerprint density at radius 2 is 1.87 bits per heavy atom. The lowest BCUT2D eigenvalue weighted by molar-refractivity contribution is 0.0447. The lowest BCUT2D eigenvalue weighted by Gasteiger charge is -2.37. The Morgan fingerprint density at radius 3 is 2.61 bits per heavy atom. The summed E-state index contributed by atoms with van der Waals surface area (Å²) in [6, 6.07) is 16.6. The normalized spacial score (nSPS) is 21.3. The van der Waals surface area contributed by atoms with Gasteiger partial charge in [0.15, 0.2) is 12.6 Å². The predicted octanol–water partition coefficient (Wildman–Crippen LogP) is 7.18. The summed E-state index contributed by atoms with van der Waals surface area (Å²) in [5.74, 6) is 0.0572. The minimum Gasteiger partial charge on any atom is -0.468 e. The van der Waals surface area contributed by atoms with Crippen LogP contribution in [0.1, 0.15) is 44.2 Å². The fraction of sp³-hybridized carbons (Fsp3) is 0.452. The molecule has 10 nitrogen and oxygen atoms in total. The van der Waals surface area contributed by atoms with Crippen molar-refractivity contribution in [3.63, 3.8) is 0 Å². The first-order chi connectivity index (χ1) is 26.0. The van der Waals surface area contributed by atoms with E-state index >= 15 is 8.78 Å². The van der Waals surface area contributed by atoms with Crippen molar-refractivity contribution in [1.29, 1.82) is 0 Å². The largest absolute Gasteiger partial charge is 0.468 e. The number of β-amino-alcohol motifs (C(OH)–C–C–N with tert-alkyl or cyclic N) is 1. The first-order valence-electron chi connectivity index (χ1n) is 18.6. The summed E-state index contributed by atoms with van der Waals surface area (Å²) in [5, 5.41) is 12.7. The van der Waals surface area contributed by atoms with Crippen LogP contribution in [0.15, 0.2) is 60.8 Å². The Hall–Kier alpha value is -4.49. The number of piperidine rings is 1. The summed E-state index contributed by atoms with van der Waals surface area (Å²) in [4.78, 5) is 18.3. The molecule has 0 amide bonds. The summed E-state index contributed by atoms with van der Waals surface area (Å²) in [7, 11) is 5.59. The van der Waals surface area contributed by atoms with Crippen LogP contribution in [-0.4, -0.2) is 91.4 Å². The average molecular weight is 742 g/mol. The second-order valence-electron chi connectivity index (χ2n) is 15.3. The van der Waals surface area contributed by atoms with Crippen LogP contribution >= 0.6 is 0 Å². The first kappa shape index (κ1) is 37.8. The highest BCUT2D eigenvalue weighted by Gasteiger charge is 2.55. The zero-order valence-electron chi connectivity index (χ0n) is 31.7. The number of aryl methyl sites for hydroxylation is 1. The van der Waals surface area contributed by atoms with E-state index in [0.717, 1.165) is 24.9 Å². The molecule has 0 spiro atoms. The van der Waals surface area contributed by atoms with Crippen LogP contribution in [0.25, 0.3) is 32.9 Å². The van der Waals surface area contributed by atoms with Gasteiger partial charge in [0.25, 0.3) is 0 Å². The summed E-state index contributed by atoms with van der Waals surface area (Å²) < 4.78 is 56.0. The number of hydrogen-bond donors (Lipinski definition) is 1. The molecule has 2 aliphatic rings. The number of benzene rings is 3. The van der Waals surface area contributed by atoms with Crippen LogP contribution in [-0.2, 0) is 22.5 Å². The molecular formula is C42H49F2N5O5. The van der Waals surface area contributed by atoms with E-state index in [4.69, 9.17) is 28.9 Å². The highest BCUT2D eigenvalue weighted by atomic mass is 19.1. The van der Waals surface area contributed by atoms with Crippen molar-refractivity contribution in [2.24, 2.45) is 11.3 Å². The summed E-state index contributed by atoms with van der Waals surface area (Å²) >= 11 is 0. The fourth-order valence-electron chi connectivity index (χ4n) is 7.96. The first-order valence-corrected chi connectivity index (χ1v) is 18.6. The second kappa shape index (κ2) is 15.7. The summed E-state index contributed by atoms with van der Waals surface area (Å²) in [5.41, 5.74) is 0.812. The SMILES string of the molecule is CCc1c(F)ccc2cc(OCOC)cc(-c3ncc4c(N5CCC[C@@](C)(O)C5)nc(OCC5(CN(C)C)CC5COCc5ccccc5)nc4c3F)c12. The Bertz CT molecular complexity index is 2120. The fourth-order valence-corrected chi connectivity index (χ4v) is 7.96. The molecule has 2 aromatic heterocycles. The molecule has 2 unspecified atom stereocenters. The minimum absolute atomic E-state index is 0.00110. The standard InChI is InChI=1S/C42H49F2N5O5/c1-6-31-34(43)14-13-28-17-30(54-26-51-5)18-32(35(28)31)37-36(44)38-33(20-45-37)39(49-16-10-15-41(2,50)23-49)47-40(46-38)53-25-42(24-48(3)4)19-29(42)22-52-21-27-11-8-7-9-12-27/h7-9,11-14,17-18,20,29,50H,6,10,15-16,19,21-26H2,1-5H3/t29?,41-,42?/m1/s1. The van der Waals surface area contributed by atoms with E-state index < -0.39 is 11.4 Å². The molecule has 0 radical (unpaired) electrons. The number of aromatic nitrogens is 3. The molecule has 7 rings (SSSR count). The van der Waals surface area contributed by atoms with E-state index in [2.05, 4.69) is 22.0 Å². The molecule has 1 N–H and O–H groups in total. The number of methoxy groups -OCH3 is 1. The molecule has 286 valence electrons. The Labute approximate surface area is 315 Å². The van der Waals surface area contributed by atoms with E-state index in [1.165, 1.54) is 13.2 Å². The van der Waals surface area contributed by atoms with Gasteiger partial charge in [-0.05, 0) is 92.7 Å². The van der Waals surface area contributed by atoms with Gasteiger partial charge in [0, 0.05) is 43.9 Å². The van der Waals surface area contributed by atoms with Crippen molar-refractivity contribution in [2.45, 2.75) is 51.7 Å². The maximum absolute atomic E-state index is 17.2. The number of fused-ring (bicyclic) bond motifs is 2. The Kier molecular flexibility index (Phi) is 11.0. The maximum Gasteiger partial charge on any atom is 0.319 e. The molecule has 5 aromatic rings. The number of nitrogens with zero attached hydrogens (tertiary/aromatic N) is 5. The average Bonchev–Trinajstić information content (AvgIpc) is 3.83. The van der Waals surface area contributed by atoms with Crippen molar-refractivity contribution < 1.29 is 32.8 Å². The van der Waals surface area contributed by atoms with Crippen molar-refractivity contribution in [3.05, 3.63) is 83.6 Å². The van der Waals surface area contributed by atoms with Crippen LogP contribution in [0.2, 0.25) is 0 Å². The van der Waals surface area contributed by atoms with Gasteiger partial charge in [-0.3, -0.25) is 4.98 Å². The van der Waals surface area contributed by atoms with Crippen molar-refractivity contribution >= 4 is 27.5 Å². The zero-order valence-corrected chi connectivity index (χ0v) is 31.7. The Morgan fingerprint density at radius 1 is 1.06 bits per heavy atom. The van der Waals surface area contributed by atoms with Gasteiger partial charge in [-0.1, -0.05) is 43.3 Å². The molecule has 3 heterocycles. The predicted molar refractivity (Wildman–Crippen MR) is 205 cm³/mol. The van der Waals surface area contributed by atoms with Crippen LogP contribution in [0.5, 0.6) is 11.8 Å². The number of rotatable bonds is 15. The van der Waals surface area contributed by atoms with Crippen LogP contribution < -0.4 is 14.4 Å². The van der Waals surface area contributed by atoms with Gasteiger partial charge in [0.05, 0.1) is 30.8 Å². The third-order valence-electron chi connectivity index (χ3n) is 10.6. The molecule has 0 bridgehead atoms. The summed E-state index contributed by atoms with van der Waals surface area (Å²) in [6.07, 6.45) is 4.21. The quantitative estimate of drug-likeness (QED) is 0.111. The molecule has 1 saturated carbocycles. The molecule has 3 atom stereocenters. The third kappa shape index (κ3) is 7.98. The number of ether oxygens (including phenoxy) is 4. The molecule has 1 aliphatic heterocycles. The van der Waals surface area contributed by atoms with E-state index in [1.54, 1.807) is 31.3 Å². The molecule has 1 aliphatic carbocycles.